The van der Waals surface area contributed by atoms with Gasteiger partial charge in [-0.15, -0.1) is 0 Å². The Bertz CT molecular complexity index is 526. The van der Waals surface area contributed by atoms with Crippen LogP contribution in [0.5, 0.6) is 0 Å². The van der Waals surface area contributed by atoms with E-state index in [4.69, 9.17) is 0 Å². The largest absolute Gasteiger partial charge is 0.378 e. The minimum Gasteiger partial charge on any atom is -0.378 e. The molecule has 0 aliphatic carbocycles. The molecular weight excluding hydrogens is 254 g/mol. The Kier molecular flexibility index (Phi) is 3.97. The third kappa shape index (κ3) is 2.61. The monoisotopic (exact) mass is 275 g/mol. The molecule has 0 spiro atoms. The van der Waals surface area contributed by atoms with Crippen LogP contribution >= 0.6 is 0 Å². The lowest BCUT2D eigenvalue weighted by molar-refractivity contribution is -0.131. The van der Waals surface area contributed by atoms with Gasteiger partial charge in [-0.3, -0.25) is 14.5 Å². The van der Waals surface area contributed by atoms with E-state index in [1.54, 1.807) is 4.90 Å². The number of anilines is 2. The highest BCUT2D eigenvalue weighted by atomic mass is 16.2. The number of piperazine rings is 1. The summed E-state index contributed by atoms with van der Waals surface area (Å²) in [5.74, 6) is -0.101. The first-order valence-corrected chi connectivity index (χ1v) is 6.79. The first kappa shape index (κ1) is 14.4. The Balaban J connectivity index is 2.43. The van der Waals surface area contributed by atoms with Crippen molar-refractivity contribution in [2.24, 2.45) is 5.92 Å². The second kappa shape index (κ2) is 5.53. The number of rotatable bonds is 3. The van der Waals surface area contributed by atoms with E-state index in [1.165, 1.54) is 0 Å². The maximum Gasteiger partial charge on any atom is 0.247 e. The molecule has 20 heavy (non-hydrogen) atoms. The van der Waals surface area contributed by atoms with Crippen LogP contribution in [-0.4, -0.2) is 38.5 Å². The number of hydrogen-bond donors (Lipinski definition) is 1. The highest BCUT2D eigenvalue weighted by molar-refractivity contribution is 6.06. The summed E-state index contributed by atoms with van der Waals surface area (Å²) in [7, 11) is 3.90. The zero-order valence-electron chi connectivity index (χ0n) is 12.4. The first-order valence-electron chi connectivity index (χ1n) is 6.79. The predicted octanol–water partition coefficient (Wildman–Crippen LogP) is 1.24. The highest BCUT2D eigenvalue weighted by Gasteiger charge is 2.37. The standard InChI is InChI=1S/C15H21N3O2/c1-10(2)14-15(20)16-9-13(19)18(14)12-7-5-6-11(8-12)17(3)4/h5-8,10,14H,9H2,1-4H3,(H,16,20). The van der Waals surface area contributed by atoms with Crippen molar-refractivity contribution in [2.75, 3.05) is 30.4 Å². The van der Waals surface area contributed by atoms with Crippen molar-refractivity contribution in [3.63, 3.8) is 0 Å². The summed E-state index contributed by atoms with van der Waals surface area (Å²) in [6.07, 6.45) is 0. The van der Waals surface area contributed by atoms with Crippen LogP contribution in [0.2, 0.25) is 0 Å². The minimum atomic E-state index is -0.450. The number of nitrogens with one attached hydrogen (secondary N) is 1. The molecule has 1 aliphatic heterocycles. The van der Waals surface area contributed by atoms with Crippen LogP contribution in [0.15, 0.2) is 24.3 Å². The maximum absolute atomic E-state index is 12.2. The van der Waals surface area contributed by atoms with E-state index < -0.39 is 6.04 Å². The van der Waals surface area contributed by atoms with Gasteiger partial charge in [-0.2, -0.15) is 0 Å². The molecule has 1 aromatic carbocycles. The average molecular weight is 275 g/mol. The molecular formula is C15H21N3O2. The Hall–Kier alpha value is -2.04. The number of carbonyl (C=O) groups is 2. The van der Waals surface area contributed by atoms with Gasteiger partial charge in [-0.25, -0.2) is 0 Å². The fourth-order valence-electron chi connectivity index (χ4n) is 2.45. The number of benzene rings is 1. The average Bonchev–Trinajstić information content (AvgIpc) is 2.40. The molecule has 1 heterocycles. The van der Waals surface area contributed by atoms with E-state index >= 15 is 0 Å². The van der Waals surface area contributed by atoms with Gasteiger partial charge >= 0.3 is 0 Å². The summed E-state index contributed by atoms with van der Waals surface area (Å²) >= 11 is 0. The molecule has 5 heteroatoms. The number of hydrogen-bond acceptors (Lipinski definition) is 3. The Labute approximate surface area is 119 Å². The summed E-state index contributed by atoms with van der Waals surface area (Å²) in [5.41, 5.74) is 1.78. The summed E-state index contributed by atoms with van der Waals surface area (Å²) in [6.45, 7) is 3.96. The van der Waals surface area contributed by atoms with Gasteiger partial charge < -0.3 is 10.2 Å². The Morgan fingerprint density at radius 3 is 2.60 bits per heavy atom. The van der Waals surface area contributed by atoms with Gasteiger partial charge in [0.25, 0.3) is 0 Å². The smallest absolute Gasteiger partial charge is 0.247 e. The predicted molar refractivity (Wildman–Crippen MR) is 79.9 cm³/mol. The second-order valence-electron chi connectivity index (χ2n) is 5.58. The SMILES string of the molecule is CC(C)C1C(=O)NCC(=O)N1c1cccc(N(C)C)c1. The van der Waals surface area contributed by atoms with Crippen LogP contribution in [0.25, 0.3) is 0 Å². The van der Waals surface area contributed by atoms with Crippen molar-refractivity contribution in [3.05, 3.63) is 24.3 Å². The lowest BCUT2D eigenvalue weighted by Gasteiger charge is -2.37. The highest BCUT2D eigenvalue weighted by Crippen LogP contribution is 2.27. The molecule has 5 nitrogen and oxygen atoms in total. The van der Waals surface area contributed by atoms with Crippen molar-refractivity contribution in [1.82, 2.24) is 5.32 Å². The molecule has 1 saturated heterocycles. The third-order valence-electron chi connectivity index (χ3n) is 3.49. The fourth-order valence-corrected chi connectivity index (χ4v) is 2.45. The zero-order valence-corrected chi connectivity index (χ0v) is 12.4. The van der Waals surface area contributed by atoms with Gasteiger partial charge in [0.1, 0.15) is 6.04 Å². The summed E-state index contributed by atoms with van der Waals surface area (Å²) in [6, 6.07) is 7.24. The number of amides is 2. The minimum absolute atomic E-state index is 0.0577. The lowest BCUT2D eigenvalue weighted by Crippen LogP contribution is -2.60. The van der Waals surface area contributed by atoms with Gasteiger partial charge in [0.2, 0.25) is 11.8 Å². The first-order chi connectivity index (χ1) is 9.41. The fraction of sp³-hybridized carbons (Fsp3) is 0.467. The third-order valence-corrected chi connectivity index (χ3v) is 3.49. The van der Waals surface area contributed by atoms with Gasteiger partial charge in [-0.05, 0) is 24.1 Å². The van der Waals surface area contributed by atoms with Gasteiger partial charge in [0, 0.05) is 25.5 Å². The molecule has 2 rings (SSSR count). The Morgan fingerprint density at radius 2 is 2.00 bits per heavy atom. The summed E-state index contributed by atoms with van der Waals surface area (Å²) < 4.78 is 0. The van der Waals surface area contributed by atoms with Crippen molar-refractivity contribution >= 4 is 23.2 Å². The van der Waals surface area contributed by atoms with Crippen molar-refractivity contribution in [1.29, 1.82) is 0 Å². The molecule has 1 atom stereocenters. The molecule has 1 aromatic rings. The molecule has 2 amide bonds. The molecule has 1 aliphatic rings. The van der Waals surface area contributed by atoms with E-state index in [0.717, 1.165) is 11.4 Å². The number of nitrogens with zero attached hydrogens (tertiary/aromatic N) is 2. The van der Waals surface area contributed by atoms with Crippen molar-refractivity contribution in [3.8, 4) is 0 Å². The molecule has 1 N–H and O–H groups in total. The normalized spacial score (nSPS) is 19.2. The van der Waals surface area contributed by atoms with Gasteiger partial charge in [0.15, 0.2) is 0 Å². The van der Waals surface area contributed by atoms with E-state index in [9.17, 15) is 9.59 Å². The molecule has 1 fully saturated rings. The Morgan fingerprint density at radius 1 is 1.30 bits per heavy atom. The van der Waals surface area contributed by atoms with Gasteiger partial charge in [-0.1, -0.05) is 19.9 Å². The van der Waals surface area contributed by atoms with Crippen LogP contribution in [0.4, 0.5) is 11.4 Å². The van der Waals surface area contributed by atoms with Crippen LogP contribution in [0.3, 0.4) is 0 Å². The quantitative estimate of drug-likeness (QED) is 0.903. The van der Waals surface area contributed by atoms with Crippen LogP contribution in [0, 0.1) is 5.92 Å². The van der Waals surface area contributed by atoms with Crippen LogP contribution < -0.4 is 15.1 Å². The molecule has 108 valence electrons. The zero-order chi connectivity index (χ0) is 14.9. The molecule has 1 unspecified atom stereocenters. The van der Waals surface area contributed by atoms with Gasteiger partial charge in [0.05, 0.1) is 6.54 Å². The maximum atomic E-state index is 12.2. The lowest BCUT2D eigenvalue weighted by atomic mass is 9.98. The molecule has 0 saturated carbocycles. The van der Waals surface area contributed by atoms with Crippen LogP contribution in [0.1, 0.15) is 13.8 Å². The van der Waals surface area contributed by atoms with E-state index in [0.29, 0.717) is 0 Å². The molecule has 0 aromatic heterocycles. The molecule has 0 bridgehead atoms. The number of carbonyl (C=O) groups excluding carboxylic acids is 2. The topological polar surface area (TPSA) is 52.7 Å². The summed E-state index contributed by atoms with van der Waals surface area (Å²) in [4.78, 5) is 27.9. The second-order valence-corrected chi connectivity index (χ2v) is 5.58. The van der Waals surface area contributed by atoms with E-state index in [2.05, 4.69) is 5.32 Å². The van der Waals surface area contributed by atoms with Crippen molar-refractivity contribution in [2.45, 2.75) is 19.9 Å². The van der Waals surface area contributed by atoms with E-state index in [1.807, 2.05) is 57.1 Å². The summed E-state index contributed by atoms with van der Waals surface area (Å²) in [5, 5.41) is 2.66. The van der Waals surface area contributed by atoms with Crippen molar-refractivity contribution < 1.29 is 9.59 Å². The molecule has 0 radical (unpaired) electrons. The van der Waals surface area contributed by atoms with E-state index in [-0.39, 0.29) is 24.3 Å². The van der Waals surface area contributed by atoms with Crippen LogP contribution in [-0.2, 0) is 9.59 Å².